The Morgan fingerprint density at radius 3 is 1.31 bits per heavy atom. The van der Waals surface area contributed by atoms with Gasteiger partial charge in [0.15, 0.2) is 11.6 Å². The van der Waals surface area contributed by atoms with Crippen molar-refractivity contribution in [2.75, 3.05) is 14.1 Å². The minimum absolute atomic E-state index is 0.191. The van der Waals surface area contributed by atoms with E-state index < -0.39 is 24.0 Å². The fourth-order valence-electron chi connectivity index (χ4n) is 9.24. The lowest BCUT2D eigenvalue weighted by Gasteiger charge is -2.26. The molecule has 0 fully saturated rings. The molecule has 0 aliphatic rings. The molecular formula is C60H64Cl2N8O8. The number of carboxylic acids is 2. The number of halogens is 2. The lowest BCUT2D eigenvalue weighted by atomic mass is 9.92. The van der Waals surface area contributed by atoms with Crippen LogP contribution in [-0.2, 0) is 49.1 Å². The van der Waals surface area contributed by atoms with Crippen molar-refractivity contribution in [1.82, 2.24) is 39.3 Å². The van der Waals surface area contributed by atoms with Gasteiger partial charge < -0.3 is 29.2 Å². The fourth-order valence-corrected chi connectivity index (χ4v) is 9.72. The Labute approximate surface area is 464 Å². The van der Waals surface area contributed by atoms with Crippen LogP contribution in [0, 0.1) is 13.8 Å². The third-order valence-electron chi connectivity index (χ3n) is 13.7. The summed E-state index contributed by atoms with van der Waals surface area (Å²) in [7, 11) is 3.58. The predicted octanol–water partition coefficient (Wildman–Crippen LogP) is 12.1. The van der Waals surface area contributed by atoms with Crippen molar-refractivity contribution in [1.29, 1.82) is 0 Å². The first-order valence-corrected chi connectivity index (χ1v) is 26.6. The molecule has 4 aromatic heterocycles. The van der Waals surface area contributed by atoms with Crippen LogP contribution >= 0.6 is 23.2 Å². The summed E-state index contributed by atoms with van der Waals surface area (Å²) in [5.41, 5.74) is 9.06. The second kappa shape index (κ2) is 26.5. The third kappa shape index (κ3) is 14.0. The molecule has 4 aromatic carbocycles. The molecule has 0 radical (unpaired) electrons. The number of hydrogen-bond acceptors (Lipinski definition) is 12. The van der Waals surface area contributed by atoms with Crippen molar-refractivity contribution in [2.24, 2.45) is 0 Å². The largest absolute Gasteiger partial charge is 0.488 e. The van der Waals surface area contributed by atoms with Crippen molar-refractivity contribution in [2.45, 2.75) is 105 Å². The molecule has 0 amide bonds. The van der Waals surface area contributed by atoms with Gasteiger partial charge in [-0.25, -0.2) is 19.3 Å². The molecule has 8 rings (SSSR count). The second-order valence-electron chi connectivity index (χ2n) is 19.2. The molecule has 0 aliphatic carbocycles. The predicted molar refractivity (Wildman–Crippen MR) is 300 cm³/mol. The number of ether oxygens (including phenoxy) is 4. The van der Waals surface area contributed by atoms with E-state index in [9.17, 15) is 19.8 Å². The molecule has 18 heteroatoms. The Hall–Kier alpha value is -7.76. The van der Waals surface area contributed by atoms with Crippen LogP contribution in [0.1, 0.15) is 84.0 Å². The number of pyridine rings is 2. The summed E-state index contributed by atoms with van der Waals surface area (Å²) in [5, 5.41) is 29.3. The molecule has 0 saturated carbocycles. The van der Waals surface area contributed by atoms with Crippen molar-refractivity contribution in [3.63, 3.8) is 0 Å². The van der Waals surface area contributed by atoms with Gasteiger partial charge in [-0.05, 0) is 111 Å². The Kier molecular flexibility index (Phi) is 19.2. The normalized spacial score (nSPS) is 12.2. The van der Waals surface area contributed by atoms with Crippen LogP contribution in [0.15, 0.2) is 134 Å². The minimum atomic E-state index is -0.891. The SMILES string of the molecule is CCCC(C(=O)O)N(C)Cc1cc(Cl)c(OCc2cccc(-c3cccc(COc4cc(OCc5ccc(-n6cccn6)nc5)c(CN(C)C(CCC)C(=O)O)cc4Cl)c3C)c2C)cc1OCc1ccc(-n2cccn2)nc1. The van der Waals surface area contributed by atoms with E-state index in [0.717, 1.165) is 44.5 Å². The van der Waals surface area contributed by atoms with Crippen LogP contribution in [0.4, 0.5) is 0 Å². The second-order valence-corrected chi connectivity index (χ2v) is 20.0. The van der Waals surface area contributed by atoms with E-state index in [2.05, 4.69) is 46.1 Å². The minimum Gasteiger partial charge on any atom is -0.488 e. The van der Waals surface area contributed by atoms with E-state index >= 15 is 0 Å². The first-order valence-electron chi connectivity index (χ1n) is 25.8. The van der Waals surface area contributed by atoms with Crippen LogP contribution in [0.3, 0.4) is 0 Å². The molecule has 2 N–H and O–H groups in total. The molecule has 0 aliphatic heterocycles. The summed E-state index contributed by atoms with van der Waals surface area (Å²) in [5.74, 6) is 1.41. The zero-order valence-corrected chi connectivity index (χ0v) is 46.1. The highest BCUT2D eigenvalue weighted by atomic mass is 35.5. The third-order valence-corrected chi connectivity index (χ3v) is 14.3. The van der Waals surface area contributed by atoms with Crippen LogP contribution in [-0.4, -0.2) is 87.7 Å². The maximum absolute atomic E-state index is 12.2. The van der Waals surface area contributed by atoms with Gasteiger partial charge in [-0.3, -0.25) is 19.4 Å². The van der Waals surface area contributed by atoms with Crippen LogP contribution < -0.4 is 18.9 Å². The maximum atomic E-state index is 12.2. The standard InChI is InChI=1S/C60H64Cl2N8O8/c1-7-13-51(59(71)72)67(5)33-45-27-49(61)55(29-53(45)75-35-41-19-21-57(63-31-41)69-25-11-23-65-69)77-37-43-15-9-17-47(39(43)3)48-18-10-16-44(40(48)4)38-78-56-30-54(46(28-50(56)62)34-68(6)52(14-8-2)60(73)74)76-36-42-20-22-58(64-32-42)70-26-12-24-66-70/h9-12,15-32,51-52H,7-8,13-14,33-38H2,1-6H3,(H,71,72)(H,73,74). The fraction of sp³-hybridized carbons (Fsp3) is 0.300. The average molecular weight is 1100 g/mol. The Morgan fingerprint density at radius 1 is 0.551 bits per heavy atom. The number of nitrogens with zero attached hydrogens (tertiary/aromatic N) is 8. The highest BCUT2D eigenvalue weighted by molar-refractivity contribution is 6.32. The molecule has 406 valence electrons. The molecule has 4 heterocycles. The Balaban J connectivity index is 0.996. The van der Waals surface area contributed by atoms with Gasteiger partial charge in [-0.1, -0.05) is 98.4 Å². The van der Waals surface area contributed by atoms with E-state index in [1.807, 2.05) is 86.9 Å². The van der Waals surface area contributed by atoms with Crippen LogP contribution in [0.25, 0.3) is 22.8 Å². The summed E-state index contributed by atoms with van der Waals surface area (Å²) in [6.45, 7) is 9.40. The number of rotatable bonds is 27. The molecule has 0 spiro atoms. The number of aromatic nitrogens is 6. The molecule has 8 aromatic rings. The van der Waals surface area contributed by atoms with E-state index in [0.29, 0.717) is 81.5 Å². The lowest BCUT2D eigenvalue weighted by Crippen LogP contribution is -2.37. The van der Waals surface area contributed by atoms with E-state index in [1.165, 1.54) is 0 Å². The van der Waals surface area contributed by atoms with Gasteiger partial charge in [0.25, 0.3) is 0 Å². The molecule has 2 unspecified atom stereocenters. The van der Waals surface area contributed by atoms with Gasteiger partial charge in [0.1, 0.15) is 61.5 Å². The monoisotopic (exact) mass is 1090 g/mol. The number of carbonyl (C=O) groups is 2. The quantitative estimate of drug-likeness (QED) is 0.0497. The number of carboxylic acid groups (broad SMARTS) is 2. The van der Waals surface area contributed by atoms with Gasteiger partial charge >= 0.3 is 11.9 Å². The molecule has 78 heavy (non-hydrogen) atoms. The Morgan fingerprint density at radius 2 is 0.962 bits per heavy atom. The molecule has 0 bridgehead atoms. The highest BCUT2D eigenvalue weighted by Crippen LogP contribution is 2.38. The van der Waals surface area contributed by atoms with Crippen LogP contribution in [0.2, 0.25) is 10.0 Å². The van der Waals surface area contributed by atoms with Gasteiger partial charge in [0.05, 0.1) is 10.0 Å². The van der Waals surface area contributed by atoms with Crippen molar-refractivity contribution in [3.8, 4) is 45.8 Å². The lowest BCUT2D eigenvalue weighted by molar-refractivity contribution is -0.144. The van der Waals surface area contributed by atoms with E-state index in [-0.39, 0.29) is 39.5 Å². The number of benzene rings is 4. The van der Waals surface area contributed by atoms with Gasteiger partial charge in [0, 0.05) is 84.7 Å². The summed E-state index contributed by atoms with van der Waals surface area (Å²) in [6.07, 6.45) is 12.9. The van der Waals surface area contributed by atoms with Crippen molar-refractivity contribution in [3.05, 3.63) is 189 Å². The van der Waals surface area contributed by atoms with Gasteiger partial charge in [-0.15, -0.1) is 0 Å². The summed E-state index contributed by atoms with van der Waals surface area (Å²) in [4.78, 5) is 37.2. The first kappa shape index (κ1) is 56.4. The summed E-state index contributed by atoms with van der Waals surface area (Å²) >= 11 is 13.9. The zero-order valence-electron chi connectivity index (χ0n) is 44.6. The average Bonchev–Trinajstić information content (AvgIpc) is 4.22. The van der Waals surface area contributed by atoms with Crippen LogP contribution in [0.5, 0.6) is 23.0 Å². The summed E-state index contributed by atoms with van der Waals surface area (Å²) in [6, 6.07) is 29.2. The van der Waals surface area contributed by atoms with Crippen molar-refractivity contribution >= 4 is 35.1 Å². The maximum Gasteiger partial charge on any atom is 0.320 e. The number of likely N-dealkylation sites (N-methyl/N-ethyl adjacent to an activating group) is 2. The first-order chi connectivity index (χ1) is 37.7. The molecule has 2 atom stereocenters. The van der Waals surface area contributed by atoms with Gasteiger partial charge in [0.2, 0.25) is 0 Å². The number of aliphatic carboxylic acids is 2. The number of hydrogen-bond donors (Lipinski definition) is 2. The van der Waals surface area contributed by atoms with Gasteiger partial charge in [-0.2, -0.15) is 10.2 Å². The molecule has 16 nitrogen and oxygen atoms in total. The topological polar surface area (TPSA) is 179 Å². The summed E-state index contributed by atoms with van der Waals surface area (Å²) < 4.78 is 29.2. The van der Waals surface area contributed by atoms with E-state index in [4.69, 9.17) is 42.1 Å². The van der Waals surface area contributed by atoms with E-state index in [1.54, 1.807) is 82.3 Å². The molecule has 0 saturated heterocycles. The Bertz CT molecular complexity index is 3070. The zero-order chi connectivity index (χ0) is 55.3. The molecular weight excluding hydrogens is 1030 g/mol. The van der Waals surface area contributed by atoms with Crippen molar-refractivity contribution < 1.29 is 38.7 Å². The highest BCUT2D eigenvalue weighted by Gasteiger charge is 2.26. The smallest absolute Gasteiger partial charge is 0.320 e.